The molecule has 1 aromatic heterocycles. The maximum Gasteiger partial charge on any atom is 0.345 e. The molecule has 0 spiro atoms. The fourth-order valence-electron chi connectivity index (χ4n) is 2.96. The summed E-state index contributed by atoms with van der Waals surface area (Å²) < 4.78 is 6.88. The monoisotopic (exact) mass is 443 g/mol. The molecule has 0 saturated carbocycles. The largest absolute Gasteiger partial charge is 0.465 e. The number of halogens is 1. The number of anilines is 1. The number of amides is 1. The van der Waals surface area contributed by atoms with Gasteiger partial charge in [-0.15, -0.1) is 0 Å². The average Bonchev–Trinajstić information content (AvgIpc) is 2.67. The van der Waals surface area contributed by atoms with Gasteiger partial charge in [-0.05, 0) is 42.5 Å². The van der Waals surface area contributed by atoms with Crippen molar-refractivity contribution in [2.24, 2.45) is 0 Å². The molecular weight excluding hydrogens is 426 g/mol. The minimum absolute atomic E-state index is 0.0648. The smallest absolute Gasteiger partial charge is 0.345 e. The molecule has 0 unspecified atom stereocenters. The molecule has 0 atom stereocenters. The zero-order valence-corrected chi connectivity index (χ0v) is 17.1. The molecule has 0 aliphatic rings. The Morgan fingerprint density at radius 1 is 1.11 bits per heavy atom. The fraction of sp³-hybridized carbons (Fsp3) is 0.150. The number of nitrogens with two attached hydrogens (primary N) is 1. The summed E-state index contributed by atoms with van der Waals surface area (Å²) in [6.45, 7) is 0. The molecule has 1 heterocycles. The summed E-state index contributed by atoms with van der Waals surface area (Å²) in [5, 5.41) is 0.539. The van der Waals surface area contributed by atoms with Crippen LogP contribution in [0.15, 0.2) is 51.7 Å². The Bertz CT molecular complexity index is 1150. The average molecular weight is 444 g/mol. The van der Waals surface area contributed by atoms with Crippen molar-refractivity contribution in [3.8, 4) is 5.69 Å². The highest BCUT2D eigenvalue weighted by molar-refractivity contribution is 9.10. The molecule has 2 aromatic carbocycles. The number of nitrogens with zero attached hydrogens (tertiary/aromatic N) is 2. The van der Waals surface area contributed by atoms with Crippen molar-refractivity contribution in [3.63, 3.8) is 0 Å². The molecule has 3 rings (SSSR count). The van der Waals surface area contributed by atoms with E-state index in [4.69, 9.17) is 10.5 Å². The number of hydrogen-bond donors (Lipinski definition) is 1. The maximum absolute atomic E-state index is 13.1. The number of methoxy groups -OCH3 is 1. The van der Waals surface area contributed by atoms with Crippen LogP contribution in [0.5, 0.6) is 0 Å². The third-order valence-corrected chi connectivity index (χ3v) is 4.84. The number of fused-ring (bicyclic) bond motifs is 1. The second-order valence-electron chi connectivity index (χ2n) is 6.33. The highest BCUT2D eigenvalue weighted by atomic mass is 79.9. The van der Waals surface area contributed by atoms with Gasteiger partial charge >= 0.3 is 5.97 Å². The number of aromatic nitrogens is 1. The number of carbonyl (C=O) groups excluding carboxylic acids is 2. The topological polar surface area (TPSA) is 94.6 Å². The maximum atomic E-state index is 13.1. The van der Waals surface area contributed by atoms with Crippen LogP contribution in [-0.4, -0.2) is 42.5 Å². The fourth-order valence-corrected chi connectivity index (χ4v) is 3.30. The van der Waals surface area contributed by atoms with Gasteiger partial charge in [0.1, 0.15) is 5.56 Å². The quantitative estimate of drug-likeness (QED) is 0.627. The second kappa shape index (κ2) is 7.47. The van der Waals surface area contributed by atoms with E-state index in [-0.39, 0.29) is 17.2 Å². The SMILES string of the molecule is COC(=O)c1c(N)c2ccc(Br)cc2n(-c2ccc(C(=O)N(C)C)cc2)c1=O. The summed E-state index contributed by atoms with van der Waals surface area (Å²) in [5.74, 6) is -0.959. The number of benzene rings is 2. The third kappa shape index (κ3) is 3.27. The standard InChI is InChI=1S/C20H18BrN3O4/c1-23(2)18(25)11-4-7-13(8-5-11)24-15-10-12(21)6-9-14(15)17(22)16(19(24)26)20(27)28-3/h4-10H,22H2,1-3H3. The van der Waals surface area contributed by atoms with Crippen LogP contribution in [0.3, 0.4) is 0 Å². The lowest BCUT2D eigenvalue weighted by molar-refractivity contribution is 0.0599. The summed E-state index contributed by atoms with van der Waals surface area (Å²) in [5.41, 5.74) is 6.85. The van der Waals surface area contributed by atoms with E-state index >= 15 is 0 Å². The second-order valence-corrected chi connectivity index (χ2v) is 7.24. The van der Waals surface area contributed by atoms with E-state index in [9.17, 15) is 14.4 Å². The molecule has 0 fully saturated rings. The minimum Gasteiger partial charge on any atom is -0.465 e. The first-order valence-electron chi connectivity index (χ1n) is 8.30. The van der Waals surface area contributed by atoms with E-state index < -0.39 is 11.5 Å². The molecule has 0 aliphatic carbocycles. The third-order valence-electron chi connectivity index (χ3n) is 4.35. The molecule has 0 saturated heterocycles. The van der Waals surface area contributed by atoms with E-state index in [2.05, 4.69) is 15.9 Å². The molecule has 0 radical (unpaired) electrons. The van der Waals surface area contributed by atoms with Crippen LogP contribution in [0.2, 0.25) is 0 Å². The highest BCUT2D eigenvalue weighted by Gasteiger charge is 2.22. The van der Waals surface area contributed by atoms with Crippen molar-refractivity contribution >= 4 is 44.4 Å². The molecule has 7 nitrogen and oxygen atoms in total. The van der Waals surface area contributed by atoms with Gasteiger partial charge in [0.25, 0.3) is 11.5 Å². The van der Waals surface area contributed by atoms with Crippen LogP contribution >= 0.6 is 15.9 Å². The Hall–Kier alpha value is -3.13. The molecule has 1 amide bonds. The van der Waals surface area contributed by atoms with Crippen LogP contribution < -0.4 is 11.3 Å². The van der Waals surface area contributed by atoms with Gasteiger partial charge < -0.3 is 15.4 Å². The number of carbonyl (C=O) groups is 2. The normalized spacial score (nSPS) is 10.7. The van der Waals surface area contributed by atoms with Gasteiger partial charge in [0.15, 0.2) is 0 Å². The Morgan fingerprint density at radius 3 is 2.32 bits per heavy atom. The molecule has 28 heavy (non-hydrogen) atoms. The lowest BCUT2D eigenvalue weighted by Crippen LogP contribution is -2.28. The van der Waals surface area contributed by atoms with Crippen LogP contribution in [0, 0.1) is 0 Å². The van der Waals surface area contributed by atoms with Crippen molar-refractivity contribution in [2.75, 3.05) is 26.9 Å². The number of nitrogen functional groups attached to an aromatic ring is 1. The number of hydrogen-bond acceptors (Lipinski definition) is 5. The van der Waals surface area contributed by atoms with Crippen LogP contribution in [0.4, 0.5) is 5.69 Å². The Morgan fingerprint density at radius 2 is 1.75 bits per heavy atom. The zero-order chi connectivity index (χ0) is 20.6. The highest BCUT2D eigenvalue weighted by Crippen LogP contribution is 2.28. The Balaban J connectivity index is 2.33. The number of pyridine rings is 1. The summed E-state index contributed by atoms with van der Waals surface area (Å²) in [7, 11) is 4.52. The first-order chi connectivity index (χ1) is 13.3. The Kier molecular flexibility index (Phi) is 5.24. The number of rotatable bonds is 3. The minimum atomic E-state index is -0.805. The first-order valence-corrected chi connectivity index (χ1v) is 9.09. The molecule has 3 aromatic rings. The van der Waals surface area contributed by atoms with Gasteiger partial charge in [0.05, 0.1) is 18.3 Å². The number of ether oxygens (including phenoxy) is 1. The lowest BCUT2D eigenvalue weighted by atomic mass is 10.1. The van der Waals surface area contributed by atoms with Crippen molar-refractivity contribution < 1.29 is 14.3 Å². The van der Waals surface area contributed by atoms with Crippen molar-refractivity contribution in [1.82, 2.24) is 9.47 Å². The molecule has 2 N–H and O–H groups in total. The summed E-state index contributed by atoms with van der Waals surface area (Å²) in [6.07, 6.45) is 0. The Labute approximate surface area is 169 Å². The van der Waals surface area contributed by atoms with Gasteiger partial charge in [-0.1, -0.05) is 15.9 Å². The molecule has 0 aliphatic heterocycles. The van der Waals surface area contributed by atoms with Crippen molar-refractivity contribution in [2.45, 2.75) is 0 Å². The molecule has 0 bridgehead atoms. The predicted octanol–water partition coefficient (Wildman–Crippen LogP) is 2.82. The lowest BCUT2D eigenvalue weighted by Gasteiger charge is -2.16. The summed E-state index contributed by atoms with van der Waals surface area (Å²) in [6, 6.07) is 11.8. The van der Waals surface area contributed by atoms with Gasteiger partial charge in [-0.3, -0.25) is 14.2 Å². The van der Waals surface area contributed by atoms with Gasteiger partial charge in [-0.25, -0.2) is 4.79 Å². The summed E-state index contributed by atoms with van der Waals surface area (Å²) in [4.78, 5) is 38.9. The van der Waals surface area contributed by atoms with Gasteiger partial charge in [-0.2, -0.15) is 0 Å². The van der Waals surface area contributed by atoms with Crippen LogP contribution in [-0.2, 0) is 4.74 Å². The molecular formula is C20H18BrN3O4. The summed E-state index contributed by atoms with van der Waals surface area (Å²) >= 11 is 3.40. The van der Waals surface area contributed by atoms with Crippen molar-refractivity contribution in [3.05, 3.63) is 68.4 Å². The van der Waals surface area contributed by atoms with Gasteiger partial charge in [0.2, 0.25) is 0 Å². The first kappa shape index (κ1) is 19.6. The van der Waals surface area contributed by atoms with E-state index in [0.717, 1.165) is 4.47 Å². The number of esters is 1. The molecule has 144 valence electrons. The van der Waals surface area contributed by atoms with E-state index in [1.54, 1.807) is 56.6 Å². The predicted molar refractivity (Wildman–Crippen MR) is 111 cm³/mol. The van der Waals surface area contributed by atoms with Crippen LogP contribution in [0.25, 0.3) is 16.6 Å². The van der Waals surface area contributed by atoms with Crippen LogP contribution in [0.1, 0.15) is 20.7 Å². The van der Waals surface area contributed by atoms with E-state index in [0.29, 0.717) is 22.2 Å². The van der Waals surface area contributed by atoms with Gasteiger partial charge in [0, 0.05) is 35.2 Å². The van der Waals surface area contributed by atoms with Crippen molar-refractivity contribution in [1.29, 1.82) is 0 Å². The molecule has 8 heteroatoms. The van der Waals surface area contributed by atoms with E-state index in [1.165, 1.54) is 16.6 Å². The van der Waals surface area contributed by atoms with E-state index in [1.807, 2.05) is 0 Å². The zero-order valence-electron chi connectivity index (χ0n) is 15.5.